The first kappa shape index (κ1) is 17.5. The molecule has 0 unspecified atom stereocenters. The lowest BCUT2D eigenvalue weighted by Crippen LogP contribution is -2.15. The number of nitrogens with zero attached hydrogens (tertiary/aromatic N) is 5. The van der Waals surface area contributed by atoms with Crippen molar-refractivity contribution in [2.45, 2.75) is 46.0 Å². The number of rotatable bonds is 5. The Morgan fingerprint density at radius 2 is 1.85 bits per heavy atom. The average Bonchev–Trinajstić information content (AvgIpc) is 2.69. The Labute approximate surface area is 159 Å². The highest BCUT2D eigenvalue weighted by atomic mass is 15.2. The van der Waals surface area contributed by atoms with Gasteiger partial charge in [-0.1, -0.05) is 24.3 Å². The molecule has 2 heterocycles. The van der Waals surface area contributed by atoms with Crippen LogP contribution in [-0.4, -0.2) is 31.7 Å². The molecular weight excluding hydrogens is 336 g/mol. The molecule has 0 bridgehead atoms. The summed E-state index contributed by atoms with van der Waals surface area (Å²) in [4.78, 5) is 14.1. The molecule has 0 fully saturated rings. The van der Waals surface area contributed by atoms with E-state index in [-0.39, 0.29) is 0 Å². The third-order valence-corrected chi connectivity index (χ3v) is 5.05. The average molecular weight is 360 g/mol. The highest BCUT2D eigenvalue weighted by molar-refractivity contribution is 5.63. The normalized spacial score (nSPS) is 13.3. The molecule has 27 heavy (non-hydrogen) atoms. The van der Waals surface area contributed by atoms with E-state index in [0.717, 1.165) is 42.0 Å². The van der Waals surface area contributed by atoms with Crippen molar-refractivity contribution in [3.8, 4) is 11.3 Å². The zero-order valence-electron chi connectivity index (χ0n) is 15.9. The van der Waals surface area contributed by atoms with Gasteiger partial charge < -0.3 is 5.32 Å². The first-order valence-electron chi connectivity index (χ1n) is 9.55. The molecular formula is C21H24N6. The van der Waals surface area contributed by atoms with Crippen LogP contribution in [0, 0.1) is 13.8 Å². The molecule has 1 aromatic carbocycles. The quantitative estimate of drug-likeness (QED) is 0.751. The molecule has 1 aliphatic rings. The van der Waals surface area contributed by atoms with E-state index in [1.807, 2.05) is 18.2 Å². The van der Waals surface area contributed by atoms with Crippen LogP contribution in [0.5, 0.6) is 0 Å². The lowest BCUT2D eigenvalue weighted by atomic mass is 9.95. The van der Waals surface area contributed by atoms with Crippen LogP contribution in [0.15, 0.2) is 30.5 Å². The second-order valence-corrected chi connectivity index (χ2v) is 7.01. The Hall–Kier alpha value is -2.89. The summed E-state index contributed by atoms with van der Waals surface area (Å²) in [5.41, 5.74) is 6.80. The van der Waals surface area contributed by atoms with Gasteiger partial charge >= 0.3 is 0 Å². The van der Waals surface area contributed by atoms with Gasteiger partial charge in [-0.25, -0.2) is 15.0 Å². The number of benzene rings is 1. The van der Waals surface area contributed by atoms with Crippen LogP contribution >= 0.6 is 0 Å². The number of hydrogen-bond donors (Lipinski definition) is 1. The highest BCUT2D eigenvalue weighted by Gasteiger charge is 2.15. The minimum Gasteiger partial charge on any atom is -0.352 e. The van der Waals surface area contributed by atoms with Crippen molar-refractivity contribution >= 4 is 5.95 Å². The van der Waals surface area contributed by atoms with Crippen molar-refractivity contribution in [2.24, 2.45) is 0 Å². The Kier molecular flexibility index (Phi) is 5.05. The SMILES string of the molecule is Cc1ccccc1-c1cnnc(NCCc2nc(C)c3c(n2)CCCC3)n1. The van der Waals surface area contributed by atoms with Crippen LogP contribution < -0.4 is 5.32 Å². The number of anilines is 1. The summed E-state index contributed by atoms with van der Waals surface area (Å²) in [5.74, 6) is 1.43. The van der Waals surface area contributed by atoms with E-state index < -0.39 is 0 Å². The van der Waals surface area contributed by atoms with Crippen LogP contribution in [0.4, 0.5) is 5.95 Å². The predicted molar refractivity (Wildman–Crippen MR) is 106 cm³/mol. The fraction of sp³-hybridized carbons (Fsp3) is 0.381. The maximum atomic E-state index is 4.77. The maximum Gasteiger partial charge on any atom is 0.243 e. The van der Waals surface area contributed by atoms with Gasteiger partial charge in [0.25, 0.3) is 0 Å². The standard InChI is InChI=1S/C21H24N6/c1-14-7-3-4-8-16(14)19-13-23-27-21(26-19)22-12-11-20-24-15(2)17-9-5-6-10-18(17)25-20/h3-4,7-8,13H,5-6,9-12H2,1-2H3,(H,22,26,27). The molecule has 4 rings (SSSR count). The number of nitrogens with one attached hydrogen (secondary N) is 1. The minimum atomic E-state index is 0.533. The van der Waals surface area contributed by atoms with Gasteiger partial charge in [-0.3, -0.25) is 0 Å². The summed E-state index contributed by atoms with van der Waals surface area (Å²) in [6, 6.07) is 8.15. The molecule has 0 atom stereocenters. The molecule has 3 aromatic rings. The van der Waals surface area contributed by atoms with Gasteiger partial charge in [-0.05, 0) is 50.7 Å². The van der Waals surface area contributed by atoms with E-state index in [2.05, 4.69) is 45.4 Å². The first-order valence-corrected chi connectivity index (χ1v) is 9.55. The fourth-order valence-corrected chi connectivity index (χ4v) is 3.61. The third-order valence-electron chi connectivity index (χ3n) is 5.05. The molecule has 1 N–H and O–H groups in total. The Morgan fingerprint density at radius 3 is 2.74 bits per heavy atom. The number of fused-ring (bicyclic) bond motifs is 1. The molecule has 138 valence electrons. The first-order chi connectivity index (χ1) is 13.2. The largest absolute Gasteiger partial charge is 0.352 e. The van der Waals surface area contributed by atoms with Gasteiger partial charge in [-0.15, -0.1) is 5.10 Å². The second kappa shape index (κ2) is 7.78. The highest BCUT2D eigenvalue weighted by Crippen LogP contribution is 2.22. The number of aryl methyl sites for hydroxylation is 3. The van der Waals surface area contributed by atoms with Crippen molar-refractivity contribution in [2.75, 3.05) is 11.9 Å². The van der Waals surface area contributed by atoms with Crippen molar-refractivity contribution in [1.82, 2.24) is 25.1 Å². The Balaban J connectivity index is 1.43. The van der Waals surface area contributed by atoms with Crippen LogP contribution in [0.2, 0.25) is 0 Å². The van der Waals surface area contributed by atoms with Crippen LogP contribution in [-0.2, 0) is 19.3 Å². The van der Waals surface area contributed by atoms with E-state index in [1.54, 1.807) is 6.20 Å². The summed E-state index contributed by atoms with van der Waals surface area (Å²) in [7, 11) is 0. The summed E-state index contributed by atoms with van der Waals surface area (Å²) in [5, 5.41) is 11.5. The van der Waals surface area contributed by atoms with E-state index in [4.69, 9.17) is 4.98 Å². The van der Waals surface area contributed by atoms with Crippen LogP contribution in [0.1, 0.15) is 41.2 Å². The van der Waals surface area contributed by atoms with E-state index in [9.17, 15) is 0 Å². The van der Waals surface area contributed by atoms with Crippen molar-refractivity contribution in [3.05, 3.63) is 58.8 Å². The molecule has 6 nitrogen and oxygen atoms in total. The molecule has 0 saturated heterocycles. The smallest absolute Gasteiger partial charge is 0.243 e. The van der Waals surface area contributed by atoms with E-state index in [0.29, 0.717) is 12.5 Å². The van der Waals surface area contributed by atoms with Gasteiger partial charge in [0, 0.05) is 29.9 Å². The zero-order valence-corrected chi connectivity index (χ0v) is 15.9. The molecule has 0 saturated carbocycles. The van der Waals surface area contributed by atoms with Crippen molar-refractivity contribution < 1.29 is 0 Å². The summed E-state index contributed by atoms with van der Waals surface area (Å²) in [6.07, 6.45) is 7.11. The van der Waals surface area contributed by atoms with Gasteiger partial charge in [0.1, 0.15) is 5.82 Å². The Morgan fingerprint density at radius 1 is 1.00 bits per heavy atom. The summed E-state index contributed by atoms with van der Waals surface area (Å²) < 4.78 is 0. The van der Waals surface area contributed by atoms with Crippen LogP contribution in [0.3, 0.4) is 0 Å². The monoisotopic (exact) mass is 360 g/mol. The van der Waals surface area contributed by atoms with Gasteiger partial charge in [0.2, 0.25) is 5.95 Å². The molecule has 6 heteroatoms. The molecule has 1 aliphatic carbocycles. The second-order valence-electron chi connectivity index (χ2n) is 7.01. The molecule has 0 radical (unpaired) electrons. The number of hydrogen-bond acceptors (Lipinski definition) is 6. The van der Waals surface area contributed by atoms with E-state index >= 15 is 0 Å². The molecule has 0 amide bonds. The molecule has 0 aliphatic heterocycles. The van der Waals surface area contributed by atoms with Crippen molar-refractivity contribution in [1.29, 1.82) is 0 Å². The minimum absolute atomic E-state index is 0.533. The topological polar surface area (TPSA) is 76.5 Å². The van der Waals surface area contributed by atoms with Gasteiger partial charge in [-0.2, -0.15) is 5.10 Å². The molecule has 2 aromatic heterocycles. The summed E-state index contributed by atoms with van der Waals surface area (Å²) >= 11 is 0. The Bertz CT molecular complexity index is 953. The third kappa shape index (κ3) is 3.94. The lowest BCUT2D eigenvalue weighted by molar-refractivity contribution is 0.647. The molecule has 0 spiro atoms. The van der Waals surface area contributed by atoms with Crippen LogP contribution in [0.25, 0.3) is 11.3 Å². The van der Waals surface area contributed by atoms with E-state index in [1.165, 1.54) is 29.7 Å². The predicted octanol–water partition coefficient (Wildman–Crippen LogP) is 3.48. The fourth-order valence-electron chi connectivity index (χ4n) is 3.61. The number of aromatic nitrogens is 5. The van der Waals surface area contributed by atoms with Gasteiger partial charge in [0.05, 0.1) is 11.9 Å². The zero-order chi connectivity index (χ0) is 18.6. The van der Waals surface area contributed by atoms with Gasteiger partial charge in [0.15, 0.2) is 0 Å². The maximum absolute atomic E-state index is 4.77. The lowest BCUT2D eigenvalue weighted by Gasteiger charge is -2.17. The summed E-state index contributed by atoms with van der Waals surface area (Å²) in [6.45, 7) is 4.85. The van der Waals surface area contributed by atoms with Crippen molar-refractivity contribution in [3.63, 3.8) is 0 Å².